The number of amides is 1. The molecule has 4 heterocycles. The summed E-state index contributed by atoms with van der Waals surface area (Å²) in [5.74, 6) is 0.435. The van der Waals surface area contributed by atoms with E-state index >= 15 is 0 Å². The highest BCUT2D eigenvalue weighted by atomic mass is 16.4. The maximum atomic E-state index is 11.2. The molecule has 29 heavy (non-hydrogen) atoms. The van der Waals surface area contributed by atoms with Crippen molar-refractivity contribution >= 4 is 28.2 Å². The molecular weight excluding hydrogens is 368 g/mol. The van der Waals surface area contributed by atoms with Crippen molar-refractivity contribution in [2.45, 2.75) is 50.6 Å². The number of hydrogen-bond acceptors (Lipinski definition) is 4. The van der Waals surface area contributed by atoms with Gasteiger partial charge in [-0.15, -0.1) is 0 Å². The van der Waals surface area contributed by atoms with Gasteiger partial charge in [-0.25, -0.2) is 14.8 Å². The number of nitrogens with zero attached hydrogens (tertiary/aromatic N) is 4. The molecule has 0 spiro atoms. The Morgan fingerprint density at radius 1 is 1.24 bits per heavy atom. The van der Waals surface area contributed by atoms with Gasteiger partial charge < -0.3 is 24.9 Å². The van der Waals surface area contributed by atoms with E-state index in [0.29, 0.717) is 31.1 Å². The number of rotatable bonds is 4. The number of piperidine rings is 1. The molecule has 3 N–H and O–H groups in total. The minimum Gasteiger partial charge on any atom is -0.465 e. The molecule has 1 saturated carbocycles. The van der Waals surface area contributed by atoms with Crippen molar-refractivity contribution in [2.75, 3.05) is 19.6 Å². The van der Waals surface area contributed by atoms with Gasteiger partial charge in [0, 0.05) is 36.8 Å². The molecule has 1 aliphatic heterocycles. The number of hydrogen-bond donors (Lipinski definition) is 3. The van der Waals surface area contributed by atoms with E-state index in [2.05, 4.69) is 30.9 Å². The number of nitrogens with one attached hydrogen (secondary N) is 2. The van der Waals surface area contributed by atoms with Crippen LogP contribution in [0.15, 0.2) is 24.8 Å². The first-order valence-electron chi connectivity index (χ1n) is 10.7. The fourth-order valence-electron chi connectivity index (χ4n) is 5.11. The number of imidazole rings is 1. The maximum Gasteiger partial charge on any atom is 0.407 e. The first-order valence-corrected chi connectivity index (χ1v) is 10.7. The van der Waals surface area contributed by atoms with Crippen molar-refractivity contribution in [1.29, 1.82) is 0 Å². The fraction of sp³-hybridized carbons (Fsp3) is 0.571. The lowest BCUT2D eigenvalue weighted by molar-refractivity contribution is 0.118. The smallest absolute Gasteiger partial charge is 0.407 e. The summed E-state index contributed by atoms with van der Waals surface area (Å²) < 4.78 is 2.34. The highest BCUT2D eigenvalue weighted by molar-refractivity contribution is 6.00. The van der Waals surface area contributed by atoms with Crippen molar-refractivity contribution < 1.29 is 9.90 Å². The van der Waals surface area contributed by atoms with Crippen LogP contribution in [0.3, 0.4) is 0 Å². The molecule has 0 radical (unpaired) electrons. The van der Waals surface area contributed by atoms with Gasteiger partial charge in [-0.3, -0.25) is 0 Å². The third-order valence-corrected chi connectivity index (χ3v) is 6.69. The van der Waals surface area contributed by atoms with Gasteiger partial charge in [-0.1, -0.05) is 0 Å². The van der Waals surface area contributed by atoms with Gasteiger partial charge in [0.1, 0.15) is 11.2 Å². The largest absolute Gasteiger partial charge is 0.465 e. The molecule has 1 atom stereocenters. The number of carbonyl (C=O) groups is 1. The second-order valence-corrected chi connectivity index (χ2v) is 8.53. The van der Waals surface area contributed by atoms with E-state index in [4.69, 9.17) is 0 Å². The van der Waals surface area contributed by atoms with Gasteiger partial charge >= 0.3 is 6.09 Å². The van der Waals surface area contributed by atoms with Gasteiger partial charge in [0.25, 0.3) is 0 Å². The van der Waals surface area contributed by atoms with E-state index in [1.165, 1.54) is 5.52 Å². The minimum atomic E-state index is -0.783. The summed E-state index contributed by atoms with van der Waals surface area (Å²) >= 11 is 0. The van der Waals surface area contributed by atoms with Crippen molar-refractivity contribution in [3.8, 4) is 0 Å². The Balaban J connectivity index is 1.20. The van der Waals surface area contributed by atoms with Crippen molar-refractivity contribution in [2.24, 2.45) is 5.92 Å². The quantitative estimate of drug-likeness (QED) is 0.628. The second-order valence-electron chi connectivity index (χ2n) is 8.53. The Kier molecular flexibility index (Phi) is 4.87. The van der Waals surface area contributed by atoms with Crippen LogP contribution < -0.4 is 5.32 Å². The van der Waals surface area contributed by atoms with E-state index in [9.17, 15) is 9.90 Å². The van der Waals surface area contributed by atoms with Crippen LogP contribution in [-0.2, 0) is 0 Å². The summed E-state index contributed by atoms with van der Waals surface area (Å²) in [6, 6.07) is 3.08. The lowest BCUT2D eigenvalue weighted by Crippen LogP contribution is -2.44. The predicted molar refractivity (Wildman–Crippen MR) is 111 cm³/mol. The van der Waals surface area contributed by atoms with Crippen LogP contribution in [-0.4, -0.2) is 61.3 Å². The van der Waals surface area contributed by atoms with Crippen molar-refractivity contribution in [1.82, 2.24) is 29.7 Å². The monoisotopic (exact) mass is 396 g/mol. The lowest BCUT2D eigenvalue weighted by atomic mass is 9.90. The summed E-state index contributed by atoms with van der Waals surface area (Å²) in [6.45, 7) is 2.27. The zero-order chi connectivity index (χ0) is 19.8. The van der Waals surface area contributed by atoms with E-state index in [1.54, 1.807) is 4.90 Å². The molecule has 2 fully saturated rings. The van der Waals surface area contributed by atoms with Crippen molar-refractivity contribution in [3.05, 3.63) is 24.8 Å². The number of aromatic amines is 1. The molecule has 1 amide bonds. The van der Waals surface area contributed by atoms with Gasteiger partial charge in [0.2, 0.25) is 0 Å². The Morgan fingerprint density at radius 3 is 2.93 bits per heavy atom. The van der Waals surface area contributed by atoms with E-state index < -0.39 is 6.09 Å². The average molecular weight is 396 g/mol. The molecule has 3 aromatic rings. The van der Waals surface area contributed by atoms with Crippen LogP contribution in [0.2, 0.25) is 0 Å². The fourth-order valence-corrected chi connectivity index (χ4v) is 5.11. The molecule has 1 aliphatic carbocycles. The summed E-state index contributed by atoms with van der Waals surface area (Å²) in [4.78, 5) is 25.0. The maximum absolute atomic E-state index is 11.2. The number of H-pyrrole nitrogens is 1. The van der Waals surface area contributed by atoms with Crippen LogP contribution in [0.5, 0.6) is 0 Å². The Morgan fingerprint density at radius 2 is 2.10 bits per heavy atom. The van der Waals surface area contributed by atoms with E-state index in [0.717, 1.165) is 61.6 Å². The zero-order valence-corrected chi connectivity index (χ0v) is 16.5. The molecule has 1 saturated heterocycles. The highest BCUT2D eigenvalue weighted by Crippen LogP contribution is 2.33. The van der Waals surface area contributed by atoms with E-state index in [1.807, 2.05) is 18.7 Å². The van der Waals surface area contributed by atoms with Crippen LogP contribution in [0.1, 0.15) is 44.6 Å². The number of aromatic nitrogens is 4. The second kappa shape index (κ2) is 7.67. The first kappa shape index (κ1) is 18.4. The standard InChI is InChI=1S/C21H28N6O2/c28-21(29)26-9-1-2-14(12-26)10-23-15-3-5-16(6-4-15)27-13-25-18-11-24-20-17(19(18)27)7-8-22-20/h7-8,11,13-16,23H,1-6,9-10,12H2,(H,22,24)(H,28,29)/t14-,15?,16?/m1/s1. The first-order chi connectivity index (χ1) is 14.2. The molecule has 154 valence electrons. The summed E-state index contributed by atoms with van der Waals surface area (Å²) in [5.41, 5.74) is 3.05. The molecule has 2 aliphatic rings. The number of carboxylic acid groups (broad SMARTS) is 1. The van der Waals surface area contributed by atoms with Gasteiger partial charge in [-0.05, 0) is 57.1 Å². The van der Waals surface area contributed by atoms with Crippen LogP contribution in [0.25, 0.3) is 22.1 Å². The van der Waals surface area contributed by atoms with Crippen LogP contribution in [0, 0.1) is 5.92 Å². The minimum absolute atomic E-state index is 0.435. The lowest BCUT2D eigenvalue weighted by Gasteiger charge is -2.34. The van der Waals surface area contributed by atoms with Gasteiger partial charge in [0.15, 0.2) is 0 Å². The Labute approximate surface area is 169 Å². The SMILES string of the molecule is O=C(O)N1CCC[C@H](CNC2CCC(n3cnc4cnc5[nH]ccc5c43)CC2)C1. The van der Waals surface area contributed by atoms with Gasteiger partial charge in [0.05, 0.1) is 18.0 Å². The van der Waals surface area contributed by atoms with Crippen LogP contribution in [0.4, 0.5) is 4.79 Å². The van der Waals surface area contributed by atoms with Gasteiger partial charge in [-0.2, -0.15) is 0 Å². The molecule has 8 nitrogen and oxygen atoms in total. The third kappa shape index (κ3) is 3.57. The van der Waals surface area contributed by atoms with Crippen LogP contribution >= 0.6 is 0 Å². The number of fused-ring (bicyclic) bond motifs is 3. The van der Waals surface area contributed by atoms with E-state index in [-0.39, 0.29) is 0 Å². The normalized spacial score (nSPS) is 25.7. The third-order valence-electron chi connectivity index (χ3n) is 6.69. The Bertz CT molecular complexity index is 1000. The number of pyridine rings is 1. The molecular formula is C21H28N6O2. The zero-order valence-electron chi connectivity index (χ0n) is 16.5. The highest BCUT2D eigenvalue weighted by Gasteiger charge is 2.27. The molecule has 3 aromatic heterocycles. The molecule has 0 unspecified atom stereocenters. The summed E-state index contributed by atoms with van der Waals surface area (Å²) in [7, 11) is 0. The molecule has 0 bridgehead atoms. The molecule has 5 rings (SSSR count). The van der Waals surface area contributed by atoms with Crippen molar-refractivity contribution in [3.63, 3.8) is 0 Å². The molecule has 0 aromatic carbocycles. The topological polar surface area (TPSA) is 99.1 Å². The summed E-state index contributed by atoms with van der Waals surface area (Å²) in [5, 5.41) is 14.1. The number of likely N-dealkylation sites (tertiary alicyclic amines) is 1. The summed E-state index contributed by atoms with van der Waals surface area (Å²) in [6.07, 6.45) is 11.6. The molecule has 8 heteroatoms. The average Bonchev–Trinajstić information content (AvgIpc) is 3.39. The predicted octanol–water partition coefficient (Wildman–Crippen LogP) is 3.38. The Hall–Kier alpha value is -2.61.